The maximum Gasteiger partial charge on any atom is 0.338 e. The summed E-state index contributed by atoms with van der Waals surface area (Å²) in [4.78, 5) is 26.8. The Morgan fingerprint density at radius 2 is 2.00 bits per heavy atom. The van der Waals surface area contributed by atoms with Crippen LogP contribution in [-0.2, 0) is 9.53 Å². The number of carbonyl (C=O) groups is 2. The Bertz CT molecular complexity index is 1000. The van der Waals surface area contributed by atoms with Crippen LogP contribution < -0.4 is 9.64 Å². The number of esters is 1. The van der Waals surface area contributed by atoms with E-state index in [4.69, 9.17) is 21.7 Å². The van der Waals surface area contributed by atoms with Crippen LogP contribution in [0.2, 0.25) is 0 Å². The molecule has 6 nitrogen and oxygen atoms in total. The summed E-state index contributed by atoms with van der Waals surface area (Å²) in [6, 6.07) is 11.5. The molecule has 8 heteroatoms. The maximum absolute atomic E-state index is 13.0. The Balaban J connectivity index is 1.89. The van der Waals surface area contributed by atoms with Crippen LogP contribution in [0.15, 0.2) is 47.4 Å². The highest BCUT2D eigenvalue weighted by atomic mass is 32.2. The zero-order valence-corrected chi connectivity index (χ0v) is 17.5. The van der Waals surface area contributed by atoms with Gasteiger partial charge in [0.1, 0.15) is 0 Å². The second-order valence-corrected chi connectivity index (χ2v) is 7.62. The standard InChI is InChI=1S/C21H19NO5S2/c1-3-26-17-10-13(8-9-16(17)23)11-18-19(24)22(21(28)29-18)15-7-5-6-14(12-15)20(25)27-4-2/h5-12,23H,3-4H2,1-2H3/b18-11-. The first-order valence-electron chi connectivity index (χ1n) is 8.95. The summed E-state index contributed by atoms with van der Waals surface area (Å²) < 4.78 is 10.8. The van der Waals surface area contributed by atoms with E-state index in [1.807, 2.05) is 6.92 Å². The third-order valence-corrected chi connectivity index (χ3v) is 5.29. The van der Waals surface area contributed by atoms with E-state index in [9.17, 15) is 14.7 Å². The maximum atomic E-state index is 13.0. The van der Waals surface area contributed by atoms with Gasteiger partial charge in [0, 0.05) is 0 Å². The van der Waals surface area contributed by atoms with E-state index in [-0.39, 0.29) is 18.3 Å². The lowest BCUT2D eigenvalue weighted by Gasteiger charge is -2.15. The molecule has 0 bridgehead atoms. The van der Waals surface area contributed by atoms with Crippen LogP contribution in [0, 0.1) is 0 Å². The molecule has 0 spiro atoms. The normalized spacial score (nSPS) is 15.1. The molecule has 0 radical (unpaired) electrons. The first-order valence-corrected chi connectivity index (χ1v) is 10.2. The van der Waals surface area contributed by atoms with Crippen LogP contribution in [0.3, 0.4) is 0 Å². The molecule has 29 heavy (non-hydrogen) atoms. The van der Waals surface area contributed by atoms with Gasteiger partial charge in [-0.15, -0.1) is 0 Å². The molecule has 0 aromatic heterocycles. The van der Waals surface area contributed by atoms with Gasteiger partial charge in [-0.2, -0.15) is 0 Å². The van der Waals surface area contributed by atoms with Crippen molar-refractivity contribution in [1.82, 2.24) is 0 Å². The number of rotatable bonds is 6. The van der Waals surface area contributed by atoms with E-state index in [0.717, 1.165) is 0 Å². The molecule has 0 aliphatic carbocycles. The number of benzene rings is 2. The minimum Gasteiger partial charge on any atom is -0.504 e. The highest BCUT2D eigenvalue weighted by Crippen LogP contribution is 2.37. The van der Waals surface area contributed by atoms with E-state index in [0.29, 0.717) is 38.4 Å². The molecule has 0 atom stereocenters. The highest BCUT2D eigenvalue weighted by Gasteiger charge is 2.33. The van der Waals surface area contributed by atoms with Crippen molar-refractivity contribution in [2.75, 3.05) is 18.1 Å². The number of ether oxygens (including phenoxy) is 2. The van der Waals surface area contributed by atoms with Crippen molar-refractivity contribution in [1.29, 1.82) is 0 Å². The Morgan fingerprint density at radius 3 is 2.72 bits per heavy atom. The van der Waals surface area contributed by atoms with Crippen LogP contribution in [0.5, 0.6) is 11.5 Å². The molecule has 0 unspecified atom stereocenters. The molecule has 150 valence electrons. The van der Waals surface area contributed by atoms with Crippen LogP contribution in [-0.4, -0.2) is 34.5 Å². The Labute approximate surface area is 178 Å². The fourth-order valence-electron chi connectivity index (χ4n) is 2.72. The number of thioether (sulfide) groups is 1. The summed E-state index contributed by atoms with van der Waals surface area (Å²) in [6.45, 7) is 4.23. The minimum absolute atomic E-state index is 0.0346. The van der Waals surface area contributed by atoms with Gasteiger partial charge in [0.05, 0.1) is 29.4 Å². The first kappa shape index (κ1) is 20.9. The zero-order chi connectivity index (χ0) is 21.0. The molecule has 1 N–H and O–H groups in total. The van der Waals surface area contributed by atoms with Crippen molar-refractivity contribution in [3.8, 4) is 11.5 Å². The molecule has 0 saturated carbocycles. The summed E-state index contributed by atoms with van der Waals surface area (Å²) in [7, 11) is 0. The molecule has 1 saturated heterocycles. The average Bonchev–Trinajstić information content (AvgIpc) is 2.98. The summed E-state index contributed by atoms with van der Waals surface area (Å²) in [6.07, 6.45) is 1.69. The molecule has 3 rings (SSSR count). The molecule has 2 aromatic carbocycles. The van der Waals surface area contributed by atoms with Crippen molar-refractivity contribution < 1.29 is 24.2 Å². The number of carbonyl (C=O) groups excluding carboxylic acids is 2. The van der Waals surface area contributed by atoms with E-state index in [1.165, 1.54) is 22.7 Å². The molecule has 1 aliphatic rings. The summed E-state index contributed by atoms with van der Waals surface area (Å²) in [5.41, 5.74) is 1.55. The van der Waals surface area contributed by atoms with Gasteiger partial charge in [0.25, 0.3) is 5.91 Å². The molecule has 1 heterocycles. The molecular formula is C21H19NO5S2. The molecule has 1 aliphatic heterocycles. The average molecular weight is 430 g/mol. The predicted molar refractivity (Wildman–Crippen MR) is 117 cm³/mol. The smallest absolute Gasteiger partial charge is 0.338 e. The predicted octanol–water partition coefficient (Wildman–Crippen LogP) is 4.37. The highest BCUT2D eigenvalue weighted by molar-refractivity contribution is 8.27. The molecule has 1 amide bonds. The lowest BCUT2D eigenvalue weighted by Crippen LogP contribution is -2.27. The van der Waals surface area contributed by atoms with Gasteiger partial charge in [-0.25, -0.2) is 4.79 Å². The Kier molecular flexibility index (Phi) is 6.56. The number of amides is 1. The topological polar surface area (TPSA) is 76.1 Å². The van der Waals surface area contributed by atoms with Gasteiger partial charge in [-0.05, 0) is 55.8 Å². The third-order valence-electron chi connectivity index (χ3n) is 3.99. The van der Waals surface area contributed by atoms with Crippen LogP contribution in [0.1, 0.15) is 29.8 Å². The zero-order valence-electron chi connectivity index (χ0n) is 15.9. The lowest BCUT2D eigenvalue weighted by molar-refractivity contribution is -0.113. The van der Waals surface area contributed by atoms with Crippen molar-refractivity contribution in [2.24, 2.45) is 0 Å². The van der Waals surface area contributed by atoms with Gasteiger partial charge in [0.2, 0.25) is 0 Å². The number of hydrogen-bond donors (Lipinski definition) is 1. The number of aromatic hydroxyl groups is 1. The summed E-state index contributed by atoms with van der Waals surface area (Å²) in [5, 5.41) is 9.84. The summed E-state index contributed by atoms with van der Waals surface area (Å²) >= 11 is 6.56. The summed E-state index contributed by atoms with van der Waals surface area (Å²) in [5.74, 6) is -0.360. The molecule has 2 aromatic rings. The van der Waals surface area contributed by atoms with E-state index in [2.05, 4.69) is 0 Å². The van der Waals surface area contributed by atoms with E-state index >= 15 is 0 Å². The van der Waals surface area contributed by atoms with Crippen LogP contribution in [0.4, 0.5) is 5.69 Å². The Morgan fingerprint density at radius 1 is 1.21 bits per heavy atom. The second kappa shape index (κ2) is 9.11. The van der Waals surface area contributed by atoms with Gasteiger partial charge < -0.3 is 14.6 Å². The van der Waals surface area contributed by atoms with Gasteiger partial charge in [0.15, 0.2) is 15.8 Å². The Hall–Kier alpha value is -2.84. The van der Waals surface area contributed by atoms with Crippen molar-refractivity contribution in [2.45, 2.75) is 13.8 Å². The number of thiocarbonyl (C=S) groups is 1. The fraction of sp³-hybridized carbons (Fsp3) is 0.190. The van der Waals surface area contributed by atoms with E-state index < -0.39 is 5.97 Å². The quantitative estimate of drug-likeness (QED) is 0.415. The molecular weight excluding hydrogens is 410 g/mol. The number of phenolic OH excluding ortho intramolecular Hbond substituents is 1. The largest absolute Gasteiger partial charge is 0.504 e. The SMILES string of the molecule is CCOC(=O)c1cccc(N2C(=O)/C(=C/c3ccc(O)c(OCC)c3)SC2=S)c1. The molecule has 1 fully saturated rings. The van der Waals surface area contributed by atoms with Gasteiger partial charge in [-0.1, -0.05) is 36.1 Å². The second-order valence-electron chi connectivity index (χ2n) is 5.95. The first-order chi connectivity index (χ1) is 13.9. The van der Waals surface area contributed by atoms with Crippen LogP contribution in [0.25, 0.3) is 6.08 Å². The van der Waals surface area contributed by atoms with E-state index in [1.54, 1.807) is 49.4 Å². The lowest BCUT2D eigenvalue weighted by atomic mass is 10.1. The number of hydrogen-bond acceptors (Lipinski definition) is 7. The monoisotopic (exact) mass is 429 g/mol. The van der Waals surface area contributed by atoms with Crippen molar-refractivity contribution in [3.63, 3.8) is 0 Å². The van der Waals surface area contributed by atoms with Crippen molar-refractivity contribution in [3.05, 3.63) is 58.5 Å². The minimum atomic E-state index is -0.456. The number of anilines is 1. The van der Waals surface area contributed by atoms with Gasteiger partial charge in [-0.3, -0.25) is 9.69 Å². The van der Waals surface area contributed by atoms with Crippen LogP contribution >= 0.6 is 24.0 Å². The number of phenols is 1. The third kappa shape index (κ3) is 4.60. The van der Waals surface area contributed by atoms with Crippen molar-refractivity contribution >= 4 is 51.9 Å². The van der Waals surface area contributed by atoms with Gasteiger partial charge >= 0.3 is 5.97 Å². The number of nitrogens with zero attached hydrogens (tertiary/aromatic N) is 1. The fourth-order valence-corrected chi connectivity index (χ4v) is 4.02.